The van der Waals surface area contributed by atoms with Crippen molar-refractivity contribution < 1.29 is 4.79 Å². The Morgan fingerprint density at radius 1 is 1.33 bits per heavy atom. The Hall–Kier alpha value is -2.13. The molecule has 0 aliphatic heterocycles. The number of thiophene rings is 1. The van der Waals surface area contributed by atoms with E-state index in [2.05, 4.69) is 34.3 Å². The number of carbonyl (C=O) groups is 1. The molecule has 0 fully saturated rings. The molecule has 1 amide bonds. The molecule has 0 spiro atoms. The summed E-state index contributed by atoms with van der Waals surface area (Å²) in [6.07, 6.45) is 2.29. The fourth-order valence-electron chi connectivity index (χ4n) is 2.32. The average molecular weight is 363 g/mol. The SMILES string of the molecule is Cc1c(C(=O)Nc2nnc(CC(C)C)s2)sc2ncn(C)c(=O)c12. The number of hydrogen-bond donors (Lipinski definition) is 1. The summed E-state index contributed by atoms with van der Waals surface area (Å²) in [5.74, 6) is 0.193. The zero-order valence-electron chi connectivity index (χ0n) is 13.8. The summed E-state index contributed by atoms with van der Waals surface area (Å²) in [7, 11) is 1.64. The Morgan fingerprint density at radius 3 is 2.79 bits per heavy atom. The Balaban J connectivity index is 1.89. The van der Waals surface area contributed by atoms with Crippen molar-refractivity contribution in [3.8, 4) is 0 Å². The highest BCUT2D eigenvalue weighted by Gasteiger charge is 2.20. The summed E-state index contributed by atoms with van der Waals surface area (Å²) in [4.78, 5) is 30.0. The molecule has 0 aliphatic carbocycles. The third-order valence-corrected chi connectivity index (χ3v) is 5.55. The largest absolute Gasteiger partial charge is 0.302 e. The van der Waals surface area contributed by atoms with E-state index in [4.69, 9.17) is 0 Å². The monoisotopic (exact) mass is 363 g/mol. The molecular weight excluding hydrogens is 346 g/mol. The van der Waals surface area contributed by atoms with Gasteiger partial charge in [0.15, 0.2) is 0 Å². The van der Waals surface area contributed by atoms with Gasteiger partial charge in [0.2, 0.25) is 5.13 Å². The highest BCUT2D eigenvalue weighted by molar-refractivity contribution is 7.21. The number of anilines is 1. The maximum Gasteiger partial charge on any atom is 0.267 e. The molecule has 1 N–H and O–H groups in total. The normalized spacial score (nSPS) is 11.4. The van der Waals surface area contributed by atoms with Gasteiger partial charge in [-0.3, -0.25) is 14.9 Å². The molecule has 3 heterocycles. The first-order valence-corrected chi connectivity index (χ1v) is 9.08. The number of hydrogen-bond acceptors (Lipinski definition) is 7. The first kappa shape index (κ1) is 16.7. The van der Waals surface area contributed by atoms with Crippen molar-refractivity contribution >= 4 is 43.9 Å². The van der Waals surface area contributed by atoms with Crippen LogP contribution >= 0.6 is 22.7 Å². The van der Waals surface area contributed by atoms with Crippen LogP contribution in [0.1, 0.15) is 34.1 Å². The van der Waals surface area contributed by atoms with E-state index in [-0.39, 0.29) is 11.5 Å². The molecule has 0 saturated carbocycles. The Bertz CT molecular complexity index is 970. The van der Waals surface area contributed by atoms with Crippen molar-refractivity contribution in [3.63, 3.8) is 0 Å². The van der Waals surface area contributed by atoms with Gasteiger partial charge in [-0.25, -0.2) is 4.98 Å². The minimum Gasteiger partial charge on any atom is -0.302 e. The fourth-order valence-corrected chi connectivity index (χ4v) is 4.30. The summed E-state index contributed by atoms with van der Waals surface area (Å²) >= 11 is 2.58. The van der Waals surface area contributed by atoms with Gasteiger partial charge < -0.3 is 4.57 Å². The molecule has 0 radical (unpaired) electrons. The Kier molecular flexibility index (Phi) is 4.46. The van der Waals surface area contributed by atoms with Crippen LogP contribution in [-0.4, -0.2) is 25.7 Å². The second kappa shape index (κ2) is 6.40. The van der Waals surface area contributed by atoms with Crippen molar-refractivity contribution in [3.05, 3.63) is 32.1 Å². The van der Waals surface area contributed by atoms with Crippen molar-refractivity contribution in [1.29, 1.82) is 0 Å². The van der Waals surface area contributed by atoms with Crippen LogP contribution in [0.5, 0.6) is 0 Å². The molecule has 7 nitrogen and oxygen atoms in total. The molecule has 24 heavy (non-hydrogen) atoms. The molecule has 126 valence electrons. The van der Waals surface area contributed by atoms with Crippen LogP contribution in [-0.2, 0) is 13.5 Å². The zero-order chi connectivity index (χ0) is 17.4. The van der Waals surface area contributed by atoms with E-state index in [1.54, 1.807) is 14.0 Å². The van der Waals surface area contributed by atoms with Gasteiger partial charge in [0, 0.05) is 13.5 Å². The van der Waals surface area contributed by atoms with Gasteiger partial charge in [0.25, 0.3) is 11.5 Å². The maximum absolute atomic E-state index is 12.5. The number of aryl methyl sites for hydroxylation is 2. The first-order chi connectivity index (χ1) is 11.4. The highest BCUT2D eigenvalue weighted by Crippen LogP contribution is 2.28. The molecule has 3 aromatic rings. The quantitative estimate of drug-likeness (QED) is 0.769. The van der Waals surface area contributed by atoms with Crippen molar-refractivity contribution in [2.24, 2.45) is 13.0 Å². The van der Waals surface area contributed by atoms with E-state index in [1.807, 2.05) is 0 Å². The van der Waals surface area contributed by atoms with E-state index in [9.17, 15) is 9.59 Å². The molecule has 9 heteroatoms. The third kappa shape index (κ3) is 3.09. The van der Waals surface area contributed by atoms with Gasteiger partial charge in [-0.05, 0) is 18.4 Å². The second-order valence-electron chi connectivity index (χ2n) is 5.95. The van der Waals surface area contributed by atoms with Gasteiger partial charge in [-0.2, -0.15) is 0 Å². The van der Waals surface area contributed by atoms with Crippen molar-refractivity contribution in [1.82, 2.24) is 19.7 Å². The van der Waals surface area contributed by atoms with Crippen LogP contribution in [0.3, 0.4) is 0 Å². The number of carbonyl (C=O) groups excluding carboxylic acids is 1. The van der Waals surface area contributed by atoms with E-state index in [0.717, 1.165) is 11.4 Å². The summed E-state index contributed by atoms with van der Waals surface area (Å²) in [5, 5.41) is 12.7. The molecule has 0 unspecified atom stereocenters. The first-order valence-electron chi connectivity index (χ1n) is 7.45. The number of fused-ring (bicyclic) bond motifs is 1. The van der Waals surface area contributed by atoms with Crippen LogP contribution in [0, 0.1) is 12.8 Å². The Labute approximate surface area is 146 Å². The molecule has 0 bridgehead atoms. The predicted molar refractivity (Wildman–Crippen MR) is 96.0 cm³/mol. The molecule has 3 rings (SSSR count). The molecular formula is C15H17N5O2S2. The maximum atomic E-state index is 12.5. The van der Waals surface area contributed by atoms with E-state index in [1.165, 1.54) is 33.6 Å². The fraction of sp³-hybridized carbons (Fsp3) is 0.400. The van der Waals surface area contributed by atoms with Crippen LogP contribution in [0.4, 0.5) is 5.13 Å². The lowest BCUT2D eigenvalue weighted by Crippen LogP contribution is -2.17. The zero-order valence-corrected chi connectivity index (χ0v) is 15.4. The number of nitrogens with zero attached hydrogens (tertiary/aromatic N) is 4. The van der Waals surface area contributed by atoms with Crippen molar-refractivity contribution in [2.45, 2.75) is 27.2 Å². The van der Waals surface area contributed by atoms with Crippen LogP contribution in [0.2, 0.25) is 0 Å². The Morgan fingerprint density at radius 2 is 2.08 bits per heavy atom. The van der Waals surface area contributed by atoms with Gasteiger partial charge in [-0.1, -0.05) is 25.2 Å². The standard InChI is InChI=1S/C15H17N5O2S2/c1-7(2)5-9-18-19-15(23-9)17-12(21)11-8(3)10-13(24-11)16-6-20(4)14(10)22/h6-7H,5H2,1-4H3,(H,17,19,21). The summed E-state index contributed by atoms with van der Waals surface area (Å²) < 4.78 is 1.41. The topological polar surface area (TPSA) is 89.8 Å². The third-order valence-electron chi connectivity index (χ3n) is 3.49. The van der Waals surface area contributed by atoms with Gasteiger partial charge in [0.05, 0.1) is 16.6 Å². The van der Waals surface area contributed by atoms with Crippen molar-refractivity contribution in [2.75, 3.05) is 5.32 Å². The summed E-state index contributed by atoms with van der Waals surface area (Å²) in [6.45, 7) is 5.97. The smallest absolute Gasteiger partial charge is 0.267 e. The predicted octanol–water partition coefficient (Wildman–Crippen LogP) is 2.61. The summed E-state index contributed by atoms with van der Waals surface area (Å²) in [5.41, 5.74) is 0.496. The second-order valence-corrected chi connectivity index (χ2v) is 8.01. The molecule has 3 aromatic heterocycles. The van der Waals surface area contributed by atoms with E-state index < -0.39 is 0 Å². The number of rotatable bonds is 4. The lowest BCUT2D eigenvalue weighted by molar-refractivity contribution is 0.103. The number of aromatic nitrogens is 4. The summed E-state index contributed by atoms with van der Waals surface area (Å²) in [6, 6.07) is 0. The minimum absolute atomic E-state index is 0.150. The van der Waals surface area contributed by atoms with Gasteiger partial charge in [-0.15, -0.1) is 21.5 Å². The van der Waals surface area contributed by atoms with Crippen LogP contribution < -0.4 is 10.9 Å². The molecule has 0 aliphatic rings. The lowest BCUT2D eigenvalue weighted by atomic mass is 10.1. The average Bonchev–Trinajstić information content (AvgIpc) is 3.07. The van der Waals surface area contributed by atoms with E-state index in [0.29, 0.717) is 31.7 Å². The molecule has 0 saturated heterocycles. The van der Waals surface area contributed by atoms with Gasteiger partial charge >= 0.3 is 0 Å². The number of nitrogens with one attached hydrogen (secondary N) is 1. The molecule has 0 aromatic carbocycles. The van der Waals surface area contributed by atoms with E-state index >= 15 is 0 Å². The van der Waals surface area contributed by atoms with Crippen LogP contribution in [0.25, 0.3) is 10.2 Å². The van der Waals surface area contributed by atoms with Gasteiger partial charge in [0.1, 0.15) is 9.84 Å². The lowest BCUT2D eigenvalue weighted by Gasteiger charge is -2.00. The number of amides is 1. The highest BCUT2D eigenvalue weighted by atomic mass is 32.1. The van der Waals surface area contributed by atoms with Crippen LogP contribution in [0.15, 0.2) is 11.1 Å². The minimum atomic E-state index is -0.287. The molecule has 0 atom stereocenters.